The molecule has 2 amide bonds. The first-order chi connectivity index (χ1) is 12.8. The molecule has 1 aliphatic rings. The summed E-state index contributed by atoms with van der Waals surface area (Å²) in [5.74, 6) is -1.78. The molecule has 3 N–H and O–H groups in total. The van der Waals surface area contributed by atoms with Crippen LogP contribution in [0.3, 0.4) is 0 Å². The van der Waals surface area contributed by atoms with Crippen LogP contribution in [0.15, 0.2) is 42.5 Å². The highest BCUT2D eigenvalue weighted by Crippen LogP contribution is 2.19. The van der Waals surface area contributed by atoms with Crippen molar-refractivity contribution in [1.29, 1.82) is 5.26 Å². The standard InChI is InChI=1S/C17H19BFN3O5/c1-11(8-20)16(23)22-9-13(19)14(10-22)27-17(24)21-15(18(25)26)7-12-5-3-2-4-6-12/h2-6,13-15,25-26H,1,7,9-10H2,(H,21,24)/t13-,14-,15-/m0/s1. The summed E-state index contributed by atoms with van der Waals surface area (Å²) in [6.45, 7) is 2.73. The van der Waals surface area contributed by atoms with E-state index in [1.165, 1.54) is 0 Å². The molecule has 3 atom stereocenters. The van der Waals surface area contributed by atoms with Crippen LogP contribution >= 0.6 is 0 Å². The molecule has 0 unspecified atom stereocenters. The van der Waals surface area contributed by atoms with Crippen molar-refractivity contribution in [1.82, 2.24) is 10.2 Å². The predicted molar refractivity (Wildman–Crippen MR) is 93.8 cm³/mol. The number of nitrogens with zero attached hydrogens (tertiary/aromatic N) is 2. The van der Waals surface area contributed by atoms with E-state index >= 15 is 0 Å². The number of nitriles is 1. The van der Waals surface area contributed by atoms with Crippen LogP contribution < -0.4 is 5.32 Å². The molecule has 8 nitrogen and oxygen atoms in total. The van der Waals surface area contributed by atoms with Crippen molar-refractivity contribution < 1.29 is 28.8 Å². The molecule has 0 aromatic heterocycles. The Bertz CT molecular complexity index is 740. The second-order valence-electron chi connectivity index (χ2n) is 6.11. The van der Waals surface area contributed by atoms with Gasteiger partial charge in [0, 0.05) is 0 Å². The molecule has 1 heterocycles. The van der Waals surface area contributed by atoms with Crippen LogP contribution in [0.2, 0.25) is 0 Å². The van der Waals surface area contributed by atoms with Crippen molar-refractivity contribution in [2.24, 2.45) is 0 Å². The molecular formula is C17H19BFN3O5. The minimum Gasteiger partial charge on any atom is -0.441 e. The number of amides is 2. The summed E-state index contributed by atoms with van der Waals surface area (Å²) in [7, 11) is -1.85. The first-order valence-corrected chi connectivity index (χ1v) is 8.21. The number of nitrogens with one attached hydrogen (secondary N) is 1. The van der Waals surface area contributed by atoms with Gasteiger partial charge in [-0.15, -0.1) is 0 Å². The molecule has 2 rings (SSSR count). The van der Waals surface area contributed by atoms with Gasteiger partial charge in [0.1, 0.15) is 11.6 Å². The molecular weight excluding hydrogens is 356 g/mol. The Morgan fingerprint density at radius 3 is 2.67 bits per heavy atom. The number of carbonyl (C=O) groups is 2. The van der Waals surface area contributed by atoms with Crippen LogP contribution in [0.1, 0.15) is 5.56 Å². The number of ether oxygens (including phenoxy) is 1. The smallest absolute Gasteiger partial charge is 0.441 e. The second-order valence-corrected chi connectivity index (χ2v) is 6.11. The molecule has 27 heavy (non-hydrogen) atoms. The first-order valence-electron chi connectivity index (χ1n) is 8.21. The lowest BCUT2D eigenvalue weighted by Gasteiger charge is -2.20. The van der Waals surface area contributed by atoms with E-state index in [1.807, 2.05) is 0 Å². The fourth-order valence-electron chi connectivity index (χ4n) is 2.67. The fourth-order valence-corrected chi connectivity index (χ4v) is 2.67. The van der Waals surface area contributed by atoms with Gasteiger partial charge in [0.05, 0.1) is 19.0 Å². The van der Waals surface area contributed by atoms with E-state index in [2.05, 4.69) is 11.9 Å². The van der Waals surface area contributed by atoms with Gasteiger partial charge in [-0.05, 0) is 12.0 Å². The summed E-state index contributed by atoms with van der Waals surface area (Å²) in [6.07, 6.45) is -3.76. The predicted octanol–water partition coefficient (Wildman–Crippen LogP) is -0.0354. The number of benzene rings is 1. The molecule has 1 aromatic rings. The van der Waals surface area contributed by atoms with Gasteiger partial charge in [-0.3, -0.25) is 4.79 Å². The summed E-state index contributed by atoms with van der Waals surface area (Å²) in [6, 6.07) is 10.4. The van der Waals surface area contributed by atoms with Crippen molar-refractivity contribution in [2.45, 2.75) is 24.6 Å². The van der Waals surface area contributed by atoms with Crippen LogP contribution in [0, 0.1) is 11.3 Å². The number of hydrogen-bond donors (Lipinski definition) is 3. The van der Waals surface area contributed by atoms with Gasteiger partial charge >= 0.3 is 13.2 Å². The molecule has 0 radical (unpaired) electrons. The van der Waals surface area contributed by atoms with Crippen LogP contribution in [-0.4, -0.2) is 65.4 Å². The van der Waals surface area contributed by atoms with Crippen LogP contribution in [0.4, 0.5) is 9.18 Å². The molecule has 0 saturated carbocycles. The third-order valence-electron chi connectivity index (χ3n) is 4.10. The fraction of sp³-hybridized carbons (Fsp3) is 0.353. The topological polar surface area (TPSA) is 123 Å². The Morgan fingerprint density at radius 1 is 1.41 bits per heavy atom. The molecule has 1 fully saturated rings. The van der Waals surface area contributed by atoms with E-state index in [1.54, 1.807) is 36.4 Å². The van der Waals surface area contributed by atoms with Crippen LogP contribution in [0.5, 0.6) is 0 Å². The normalized spacial score (nSPS) is 19.7. The second kappa shape index (κ2) is 9.16. The zero-order valence-electron chi connectivity index (χ0n) is 14.4. The van der Waals surface area contributed by atoms with Gasteiger partial charge in [0.25, 0.3) is 5.91 Å². The lowest BCUT2D eigenvalue weighted by atomic mass is 9.76. The first kappa shape index (κ1) is 20.4. The number of carbonyl (C=O) groups excluding carboxylic acids is 2. The summed E-state index contributed by atoms with van der Waals surface area (Å²) < 4.78 is 19.0. The Labute approximate surface area is 156 Å². The quantitative estimate of drug-likeness (QED) is 0.364. The Kier molecular flexibility index (Phi) is 6.93. The van der Waals surface area contributed by atoms with Gasteiger partial charge in [-0.25, -0.2) is 9.18 Å². The number of likely N-dealkylation sites (tertiary alicyclic amines) is 1. The molecule has 1 aromatic carbocycles. The summed E-state index contributed by atoms with van der Waals surface area (Å²) in [5.41, 5.74) is 0.422. The van der Waals surface area contributed by atoms with E-state index in [4.69, 9.17) is 10.00 Å². The van der Waals surface area contributed by atoms with Gasteiger partial charge < -0.3 is 25.0 Å². The molecule has 1 saturated heterocycles. The van der Waals surface area contributed by atoms with Crippen molar-refractivity contribution in [3.8, 4) is 6.07 Å². The van der Waals surface area contributed by atoms with E-state index in [0.29, 0.717) is 0 Å². The number of halogens is 1. The van der Waals surface area contributed by atoms with Crippen molar-refractivity contribution >= 4 is 19.1 Å². The summed E-state index contributed by atoms with van der Waals surface area (Å²) >= 11 is 0. The Morgan fingerprint density at radius 2 is 2.07 bits per heavy atom. The summed E-state index contributed by atoms with van der Waals surface area (Å²) in [4.78, 5) is 24.9. The van der Waals surface area contributed by atoms with E-state index in [-0.39, 0.29) is 25.1 Å². The van der Waals surface area contributed by atoms with Crippen molar-refractivity contribution in [3.63, 3.8) is 0 Å². The van der Waals surface area contributed by atoms with E-state index in [0.717, 1.165) is 10.5 Å². The zero-order valence-corrected chi connectivity index (χ0v) is 14.4. The number of rotatable bonds is 6. The Hall–Kier alpha value is -2.90. The van der Waals surface area contributed by atoms with E-state index in [9.17, 15) is 24.0 Å². The molecule has 0 bridgehead atoms. The average molecular weight is 375 g/mol. The highest BCUT2D eigenvalue weighted by Gasteiger charge is 2.39. The molecule has 0 aliphatic carbocycles. The minimum absolute atomic E-state index is 0.129. The third-order valence-corrected chi connectivity index (χ3v) is 4.10. The number of alkyl halides is 1. The number of hydrogen-bond acceptors (Lipinski definition) is 6. The van der Waals surface area contributed by atoms with E-state index < -0.39 is 37.3 Å². The zero-order chi connectivity index (χ0) is 20.0. The largest absolute Gasteiger partial charge is 0.475 e. The molecule has 142 valence electrons. The molecule has 0 spiro atoms. The summed E-state index contributed by atoms with van der Waals surface area (Å²) in [5, 5.41) is 29.9. The van der Waals surface area contributed by atoms with Gasteiger partial charge in [-0.2, -0.15) is 5.26 Å². The SMILES string of the molecule is C=C(C#N)C(=O)N1C[C@H](OC(=O)N[C@@H](Cc2ccccc2)B(O)O)[C@@H](F)C1. The monoisotopic (exact) mass is 375 g/mol. The molecule has 1 aliphatic heterocycles. The maximum absolute atomic E-state index is 14.1. The lowest BCUT2D eigenvalue weighted by Crippen LogP contribution is -2.49. The minimum atomic E-state index is -1.85. The highest BCUT2D eigenvalue weighted by atomic mass is 19.1. The number of alkyl carbamates (subject to hydrolysis) is 1. The van der Waals surface area contributed by atoms with Crippen LogP contribution in [-0.2, 0) is 16.0 Å². The van der Waals surface area contributed by atoms with Gasteiger partial charge in [0.2, 0.25) is 0 Å². The Balaban J connectivity index is 1.92. The van der Waals surface area contributed by atoms with Gasteiger partial charge in [-0.1, -0.05) is 36.9 Å². The maximum atomic E-state index is 14.1. The average Bonchev–Trinajstić information content (AvgIpc) is 3.01. The van der Waals surface area contributed by atoms with Crippen LogP contribution in [0.25, 0.3) is 0 Å². The highest BCUT2D eigenvalue weighted by molar-refractivity contribution is 6.43. The van der Waals surface area contributed by atoms with Crippen molar-refractivity contribution in [3.05, 3.63) is 48.0 Å². The molecule has 10 heteroatoms. The lowest BCUT2D eigenvalue weighted by molar-refractivity contribution is -0.126. The third kappa shape index (κ3) is 5.54. The maximum Gasteiger partial charge on any atom is 0.475 e. The van der Waals surface area contributed by atoms with Gasteiger partial charge in [0.15, 0.2) is 12.3 Å². The van der Waals surface area contributed by atoms with Crippen molar-refractivity contribution in [2.75, 3.05) is 13.1 Å².